The molecule has 0 atom stereocenters. The second kappa shape index (κ2) is 8.75. The van der Waals surface area contributed by atoms with Crippen LogP contribution in [0, 0.1) is 6.92 Å². The van der Waals surface area contributed by atoms with E-state index in [0.29, 0.717) is 30.5 Å². The van der Waals surface area contributed by atoms with Crippen LogP contribution in [0.2, 0.25) is 0 Å². The molecule has 2 aromatic heterocycles. The van der Waals surface area contributed by atoms with Gasteiger partial charge >= 0.3 is 5.97 Å². The van der Waals surface area contributed by atoms with E-state index in [-0.39, 0.29) is 5.97 Å². The first-order valence-corrected chi connectivity index (χ1v) is 8.66. The summed E-state index contributed by atoms with van der Waals surface area (Å²) in [5.74, 6) is 0.869. The van der Waals surface area contributed by atoms with Gasteiger partial charge in [-0.2, -0.15) is 4.98 Å². The van der Waals surface area contributed by atoms with Crippen LogP contribution >= 0.6 is 0 Å². The number of aromatic nitrogens is 3. The zero-order chi connectivity index (χ0) is 19.1. The highest BCUT2D eigenvalue weighted by Crippen LogP contribution is 2.18. The molecule has 3 aromatic rings. The van der Waals surface area contributed by atoms with Crippen molar-refractivity contribution in [2.45, 2.75) is 20.4 Å². The number of pyridine rings is 1. The maximum atomic E-state index is 11.7. The van der Waals surface area contributed by atoms with E-state index in [1.54, 1.807) is 31.5 Å². The van der Waals surface area contributed by atoms with Crippen molar-refractivity contribution >= 4 is 23.4 Å². The normalized spacial score (nSPS) is 10.3. The van der Waals surface area contributed by atoms with Gasteiger partial charge in [0.25, 0.3) is 0 Å². The van der Waals surface area contributed by atoms with E-state index >= 15 is 0 Å². The lowest BCUT2D eigenvalue weighted by Crippen LogP contribution is -2.07. The maximum Gasteiger partial charge on any atom is 0.338 e. The number of hydrogen-bond donors (Lipinski definition) is 2. The Morgan fingerprint density at radius 1 is 1.15 bits per heavy atom. The van der Waals surface area contributed by atoms with Gasteiger partial charge in [-0.15, -0.1) is 0 Å². The Morgan fingerprint density at radius 2 is 1.96 bits per heavy atom. The minimum atomic E-state index is -0.330. The first kappa shape index (κ1) is 18.3. The van der Waals surface area contributed by atoms with Crippen LogP contribution < -0.4 is 10.6 Å². The van der Waals surface area contributed by atoms with Gasteiger partial charge in [-0.3, -0.25) is 4.98 Å². The average molecular weight is 363 g/mol. The van der Waals surface area contributed by atoms with Gasteiger partial charge < -0.3 is 15.4 Å². The van der Waals surface area contributed by atoms with Crippen molar-refractivity contribution in [1.29, 1.82) is 0 Å². The number of nitrogens with one attached hydrogen (secondary N) is 2. The summed E-state index contributed by atoms with van der Waals surface area (Å²) in [7, 11) is 0. The molecule has 2 heterocycles. The SMILES string of the molecule is CCOC(=O)c1ccc(Nc2cc(C)nc(NCc3cccnc3)n2)cc1. The highest BCUT2D eigenvalue weighted by Gasteiger charge is 2.07. The number of nitrogens with zero attached hydrogens (tertiary/aromatic N) is 3. The van der Waals surface area contributed by atoms with Gasteiger partial charge in [0.05, 0.1) is 12.2 Å². The van der Waals surface area contributed by atoms with Crippen molar-refractivity contribution in [1.82, 2.24) is 15.0 Å². The van der Waals surface area contributed by atoms with Crippen molar-refractivity contribution < 1.29 is 9.53 Å². The summed E-state index contributed by atoms with van der Waals surface area (Å²) >= 11 is 0. The van der Waals surface area contributed by atoms with Crippen LogP contribution in [0.5, 0.6) is 0 Å². The van der Waals surface area contributed by atoms with Crippen LogP contribution in [-0.2, 0) is 11.3 Å². The predicted octanol–water partition coefficient (Wildman–Crippen LogP) is 3.71. The average Bonchev–Trinajstić information content (AvgIpc) is 2.67. The number of aryl methyl sites for hydroxylation is 1. The molecule has 0 aliphatic rings. The van der Waals surface area contributed by atoms with Crippen molar-refractivity contribution in [3.63, 3.8) is 0 Å². The van der Waals surface area contributed by atoms with E-state index in [4.69, 9.17) is 4.74 Å². The summed E-state index contributed by atoms with van der Waals surface area (Å²) in [4.78, 5) is 24.7. The quantitative estimate of drug-likeness (QED) is 0.619. The van der Waals surface area contributed by atoms with Gasteiger partial charge in [-0.1, -0.05) is 6.07 Å². The van der Waals surface area contributed by atoms with Crippen molar-refractivity contribution in [3.05, 3.63) is 71.7 Å². The maximum absolute atomic E-state index is 11.7. The summed E-state index contributed by atoms with van der Waals surface area (Å²) < 4.78 is 4.99. The number of anilines is 3. The Morgan fingerprint density at radius 3 is 2.67 bits per heavy atom. The van der Waals surface area contributed by atoms with Gasteiger partial charge in [-0.25, -0.2) is 9.78 Å². The van der Waals surface area contributed by atoms with Crippen LogP contribution in [0.4, 0.5) is 17.5 Å². The van der Waals surface area contributed by atoms with Gasteiger partial charge in [0.1, 0.15) is 5.82 Å². The molecule has 0 saturated carbocycles. The largest absolute Gasteiger partial charge is 0.462 e. The van der Waals surface area contributed by atoms with Crippen LogP contribution in [0.15, 0.2) is 54.9 Å². The summed E-state index contributed by atoms with van der Waals surface area (Å²) in [6, 6.07) is 12.8. The van der Waals surface area contributed by atoms with Gasteiger partial charge in [0.2, 0.25) is 5.95 Å². The highest BCUT2D eigenvalue weighted by molar-refractivity contribution is 5.89. The minimum Gasteiger partial charge on any atom is -0.462 e. The van der Waals surface area contributed by atoms with E-state index in [9.17, 15) is 4.79 Å². The first-order chi connectivity index (χ1) is 13.1. The smallest absolute Gasteiger partial charge is 0.338 e. The Bertz CT molecular complexity index is 898. The van der Waals surface area contributed by atoms with Crippen molar-refractivity contribution in [3.8, 4) is 0 Å². The topological polar surface area (TPSA) is 89.0 Å². The van der Waals surface area contributed by atoms with Gasteiger partial charge in [0, 0.05) is 36.4 Å². The zero-order valence-corrected chi connectivity index (χ0v) is 15.3. The second-order valence-corrected chi connectivity index (χ2v) is 5.86. The molecule has 138 valence electrons. The number of rotatable bonds is 7. The fourth-order valence-corrected chi connectivity index (χ4v) is 2.45. The third-order valence-corrected chi connectivity index (χ3v) is 3.70. The fraction of sp³-hybridized carbons (Fsp3) is 0.200. The molecule has 0 saturated heterocycles. The molecule has 7 heteroatoms. The van der Waals surface area contributed by atoms with E-state index in [1.165, 1.54) is 0 Å². The monoisotopic (exact) mass is 363 g/mol. The third-order valence-electron chi connectivity index (χ3n) is 3.70. The van der Waals surface area contributed by atoms with Crippen molar-refractivity contribution in [2.75, 3.05) is 17.2 Å². The Labute approximate surface area is 157 Å². The number of carbonyl (C=O) groups excluding carboxylic acids is 1. The highest BCUT2D eigenvalue weighted by atomic mass is 16.5. The summed E-state index contributed by atoms with van der Waals surface area (Å²) in [5.41, 5.74) is 3.22. The standard InChI is InChI=1S/C20H21N5O2/c1-3-27-19(26)16-6-8-17(9-7-16)24-18-11-14(2)23-20(25-18)22-13-15-5-4-10-21-12-15/h4-12H,3,13H2,1-2H3,(H2,22,23,24,25). The van der Waals surface area contributed by atoms with Gasteiger partial charge in [-0.05, 0) is 49.7 Å². The Hall–Kier alpha value is -3.48. The number of esters is 1. The molecular formula is C20H21N5O2. The molecule has 0 spiro atoms. The predicted molar refractivity (Wildman–Crippen MR) is 104 cm³/mol. The molecule has 0 amide bonds. The van der Waals surface area contributed by atoms with Crippen molar-refractivity contribution in [2.24, 2.45) is 0 Å². The van der Waals surface area contributed by atoms with Crippen LogP contribution in [-0.4, -0.2) is 27.5 Å². The molecule has 0 bridgehead atoms. The molecule has 27 heavy (non-hydrogen) atoms. The van der Waals surface area contributed by atoms with E-state index in [2.05, 4.69) is 25.6 Å². The van der Waals surface area contributed by atoms with E-state index in [0.717, 1.165) is 16.9 Å². The Kier molecular flexibility index (Phi) is 5.94. The third kappa shape index (κ3) is 5.24. The summed E-state index contributed by atoms with van der Waals surface area (Å²) in [5, 5.41) is 6.43. The fourth-order valence-electron chi connectivity index (χ4n) is 2.45. The molecule has 2 N–H and O–H groups in total. The number of carbonyl (C=O) groups is 1. The van der Waals surface area contributed by atoms with Crippen LogP contribution in [0.1, 0.15) is 28.5 Å². The summed E-state index contributed by atoms with van der Waals surface area (Å²) in [6.07, 6.45) is 3.54. The molecule has 0 unspecified atom stereocenters. The molecular weight excluding hydrogens is 342 g/mol. The van der Waals surface area contributed by atoms with E-state index < -0.39 is 0 Å². The molecule has 3 rings (SSSR count). The number of benzene rings is 1. The second-order valence-electron chi connectivity index (χ2n) is 5.86. The lowest BCUT2D eigenvalue weighted by atomic mass is 10.2. The number of hydrogen-bond acceptors (Lipinski definition) is 7. The molecule has 0 fully saturated rings. The first-order valence-electron chi connectivity index (χ1n) is 8.66. The van der Waals surface area contributed by atoms with Gasteiger partial charge in [0.15, 0.2) is 0 Å². The zero-order valence-electron chi connectivity index (χ0n) is 15.3. The molecule has 0 aliphatic heterocycles. The summed E-state index contributed by atoms with van der Waals surface area (Å²) in [6.45, 7) is 4.63. The minimum absolute atomic E-state index is 0.330. The molecule has 0 aliphatic carbocycles. The Balaban J connectivity index is 1.68. The van der Waals surface area contributed by atoms with E-state index in [1.807, 2.05) is 37.3 Å². The molecule has 0 radical (unpaired) electrons. The lowest BCUT2D eigenvalue weighted by molar-refractivity contribution is 0.0526. The van der Waals surface area contributed by atoms with Crippen LogP contribution in [0.25, 0.3) is 0 Å². The molecule has 1 aromatic carbocycles. The lowest BCUT2D eigenvalue weighted by Gasteiger charge is -2.10. The van der Waals surface area contributed by atoms with Crippen LogP contribution in [0.3, 0.4) is 0 Å². The molecule has 7 nitrogen and oxygen atoms in total. The number of ether oxygens (including phenoxy) is 1.